The molecule has 0 aliphatic heterocycles. The van der Waals surface area contributed by atoms with Crippen molar-refractivity contribution in [3.63, 3.8) is 0 Å². The Morgan fingerprint density at radius 3 is 2.55 bits per heavy atom. The molecule has 0 fully saturated rings. The highest BCUT2D eigenvalue weighted by atomic mass is 35.5. The van der Waals surface area contributed by atoms with Crippen LogP contribution >= 0.6 is 12.4 Å². The van der Waals surface area contributed by atoms with Crippen LogP contribution in [-0.4, -0.2) is 25.5 Å². The minimum absolute atomic E-state index is 0. The van der Waals surface area contributed by atoms with Crippen molar-refractivity contribution in [2.45, 2.75) is 13.3 Å². The van der Waals surface area contributed by atoms with Crippen LogP contribution in [0.1, 0.15) is 13.3 Å². The molecule has 0 heterocycles. The van der Waals surface area contributed by atoms with Crippen molar-refractivity contribution in [2.75, 3.05) is 13.7 Å². The average molecular weight is 181 g/mol. The zero-order valence-corrected chi connectivity index (χ0v) is 7.46. The zero-order chi connectivity index (χ0) is 7.98. The van der Waals surface area contributed by atoms with Crippen LogP contribution in [-0.2, 0) is 9.53 Å². The molecular weight excluding hydrogens is 168 g/mol. The predicted molar refractivity (Wildman–Crippen MR) is 45.3 cm³/mol. The van der Waals surface area contributed by atoms with Gasteiger partial charge in [0.15, 0.2) is 0 Å². The summed E-state index contributed by atoms with van der Waals surface area (Å²) in [5.74, 6) is -0.180. The van der Waals surface area contributed by atoms with Gasteiger partial charge in [0.05, 0.1) is 6.61 Å². The zero-order valence-electron chi connectivity index (χ0n) is 6.64. The molecule has 0 aromatic carbocycles. The third-order valence-electron chi connectivity index (χ3n) is 0.928. The largest absolute Gasteiger partial charge is 0.466 e. The smallest absolute Gasteiger partial charge is 0.313 e. The van der Waals surface area contributed by atoms with Gasteiger partial charge in [0.2, 0.25) is 0 Å². The maximum atomic E-state index is 10.6. The maximum absolute atomic E-state index is 10.6. The van der Waals surface area contributed by atoms with Crippen LogP contribution in [0.3, 0.4) is 0 Å². The number of rotatable bonds is 3. The summed E-state index contributed by atoms with van der Waals surface area (Å²) in [6, 6.07) is 0. The van der Waals surface area contributed by atoms with Crippen LogP contribution < -0.4 is 5.32 Å². The van der Waals surface area contributed by atoms with Gasteiger partial charge < -0.3 is 10.1 Å². The van der Waals surface area contributed by atoms with Gasteiger partial charge in [-0.25, -0.2) is 0 Å². The van der Waals surface area contributed by atoms with E-state index >= 15 is 0 Å². The molecule has 0 spiro atoms. The summed E-state index contributed by atoms with van der Waals surface area (Å²) in [4.78, 5) is 10.6. The van der Waals surface area contributed by atoms with Gasteiger partial charge in [0.25, 0.3) is 0 Å². The molecule has 2 N–H and O–H groups in total. The molecule has 0 aliphatic carbocycles. The first-order chi connectivity index (χ1) is 4.70. The Bertz CT molecular complexity index is 139. The van der Waals surface area contributed by atoms with Crippen molar-refractivity contribution in [1.82, 2.24) is 5.32 Å². The third-order valence-corrected chi connectivity index (χ3v) is 0.928. The van der Waals surface area contributed by atoms with Crippen LogP contribution in [0.2, 0.25) is 0 Å². The number of hydrogen-bond donors (Lipinski definition) is 2. The first-order valence-electron chi connectivity index (χ1n) is 3.11. The summed E-state index contributed by atoms with van der Waals surface area (Å²) >= 11 is 0. The summed E-state index contributed by atoms with van der Waals surface area (Å²) < 4.78 is 4.59. The van der Waals surface area contributed by atoms with Gasteiger partial charge in [0.1, 0.15) is 12.3 Å². The lowest BCUT2D eigenvalue weighted by Gasteiger charge is -2.01. The van der Waals surface area contributed by atoms with Crippen LogP contribution in [0, 0.1) is 5.41 Å². The molecule has 4 nitrogen and oxygen atoms in total. The second-order valence-electron chi connectivity index (χ2n) is 1.71. The lowest BCUT2D eigenvalue weighted by Crippen LogP contribution is -2.21. The molecule has 0 bridgehead atoms. The number of carbonyl (C=O) groups excluding carboxylic acids is 1. The Labute approximate surface area is 72.2 Å². The monoisotopic (exact) mass is 180 g/mol. The SMILES string of the molecule is CCOC(=O)CC(=N)NC.Cl. The number of carbonyl (C=O) groups is 1. The quantitative estimate of drug-likeness (QED) is 0.379. The predicted octanol–water partition coefficient (Wildman–Crippen LogP) is 0.558. The molecule has 0 saturated heterocycles. The number of amidine groups is 1. The first kappa shape index (κ1) is 12.9. The van der Waals surface area contributed by atoms with E-state index in [0.29, 0.717) is 6.61 Å². The highest BCUT2D eigenvalue weighted by molar-refractivity contribution is 5.95. The number of esters is 1. The Morgan fingerprint density at radius 1 is 1.64 bits per heavy atom. The third kappa shape index (κ3) is 7.12. The minimum Gasteiger partial charge on any atom is -0.466 e. The van der Waals surface area contributed by atoms with E-state index in [9.17, 15) is 4.79 Å². The Balaban J connectivity index is 0. The Kier molecular flexibility index (Phi) is 8.58. The molecule has 0 amide bonds. The van der Waals surface area contributed by atoms with Gasteiger partial charge >= 0.3 is 5.97 Å². The van der Waals surface area contributed by atoms with Gasteiger partial charge in [-0.1, -0.05) is 0 Å². The van der Waals surface area contributed by atoms with Gasteiger partial charge in [0, 0.05) is 7.05 Å². The Hall–Kier alpha value is -0.770. The van der Waals surface area contributed by atoms with Crippen molar-refractivity contribution >= 4 is 24.2 Å². The van der Waals surface area contributed by atoms with E-state index in [-0.39, 0.29) is 30.6 Å². The van der Waals surface area contributed by atoms with E-state index in [1.807, 2.05) is 0 Å². The molecule has 0 unspecified atom stereocenters. The van der Waals surface area contributed by atoms with Crippen LogP contribution in [0.4, 0.5) is 0 Å². The fourth-order valence-electron chi connectivity index (χ4n) is 0.445. The van der Waals surface area contributed by atoms with Crippen molar-refractivity contribution in [2.24, 2.45) is 0 Å². The number of ether oxygens (including phenoxy) is 1. The lowest BCUT2D eigenvalue weighted by molar-refractivity contribution is -0.141. The van der Waals surface area contributed by atoms with E-state index in [0.717, 1.165) is 0 Å². The van der Waals surface area contributed by atoms with Crippen LogP contribution in [0.25, 0.3) is 0 Å². The van der Waals surface area contributed by atoms with Crippen molar-refractivity contribution in [1.29, 1.82) is 5.41 Å². The number of nitrogens with one attached hydrogen (secondary N) is 2. The molecule has 0 saturated carbocycles. The molecule has 0 atom stereocenters. The van der Waals surface area contributed by atoms with Crippen molar-refractivity contribution in [3.05, 3.63) is 0 Å². The molecule has 0 aromatic rings. The van der Waals surface area contributed by atoms with Crippen molar-refractivity contribution in [3.8, 4) is 0 Å². The van der Waals surface area contributed by atoms with Gasteiger partial charge in [-0.2, -0.15) is 0 Å². The molecule has 5 heteroatoms. The normalized spacial score (nSPS) is 7.82. The van der Waals surface area contributed by atoms with Crippen LogP contribution in [0.5, 0.6) is 0 Å². The first-order valence-corrected chi connectivity index (χ1v) is 3.11. The summed E-state index contributed by atoms with van der Waals surface area (Å²) in [5, 5.41) is 9.57. The molecule has 0 radical (unpaired) electrons. The van der Waals surface area contributed by atoms with Gasteiger partial charge in [-0.15, -0.1) is 12.4 Å². The maximum Gasteiger partial charge on any atom is 0.313 e. The molecule has 11 heavy (non-hydrogen) atoms. The topological polar surface area (TPSA) is 62.2 Å². The van der Waals surface area contributed by atoms with Crippen molar-refractivity contribution < 1.29 is 9.53 Å². The number of halogens is 1. The highest BCUT2D eigenvalue weighted by Gasteiger charge is 2.03. The van der Waals surface area contributed by atoms with E-state index < -0.39 is 0 Å². The Morgan fingerprint density at radius 2 is 2.18 bits per heavy atom. The van der Waals surface area contributed by atoms with E-state index in [4.69, 9.17) is 5.41 Å². The fraction of sp³-hybridized carbons (Fsp3) is 0.667. The highest BCUT2D eigenvalue weighted by Crippen LogP contribution is 1.84. The van der Waals surface area contributed by atoms with E-state index in [2.05, 4.69) is 10.1 Å². The summed E-state index contributed by atoms with van der Waals surface area (Å²) in [6.45, 7) is 2.11. The van der Waals surface area contributed by atoms with E-state index in [1.54, 1.807) is 14.0 Å². The summed E-state index contributed by atoms with van der Waals surface area (Å²) in [7, 11) is 1.60. The molecular formula is C6H13ClN2O2. The standard InChI is InChI=1S/C6H12N2O2.ClH/c1-3-10-6(9)4-5(7)8-2;/h3-4H2,1-2H3,(H2,7,8);1H. The average Bonchev–Trinajstić information content (AvgIpc) is 1.88. The van der Waals surface area contributed by atoms with E-state index in [1.165, 1.54) is 0 Å². The fourth-order valence-corrected chi connectivity index (χ4v) is 0.445. The van der Waals surface area contributed by atoms with Gasteiger partial charge in [-0.05, 0) is 6.92 Å². The molecule has 0 rings (SSSR count). The lowest BCUT2D eigenvalue weighted by atomic mass is 10.4. The number of hydrogen-bond acceptors (Lipinski definition) is 3. The summed E-state index contributed by atoms with van der Waals surface area (Å²) in [5.41, 5.74) is 0. The van der Waals surface area contributed by atoms with Gasteiger partial charge in [-0.3, -0.25) is 10.2 Å². The van der Waals surface area contributed by atoms with Crippen LogP contribution in [0.15, 0.2) is 0 Å². The molecule has 0 aliphatic rings. The molecule has 0 aromatic heterocycles. The summed E-state index contributed by atoms with van der Waals surface area (Å²) in [6.07, 6.45) is 0.0321. The molecule has 66 valence electrons. The second kappa shape index (κ2) is 7.34. The minimum atomic E-state index is -0.359. The second-order valence-corrected chi connectivity index (χ2v) is 1.71.